The highest BCUT2D eigenvalue weighted by Gasteiger charge is 2.37. The van der Waals surface area contributed by atoms with Gasteiger partial charge in [0.25, 0.3) is 0 Å². The molecular formula is C30H33N3O4. The Hall–Kier alpha value is -4.13. The molecule has 0 amide bonds. The summed E-state index contributed by atoms with van der Waals surface area (Å²) in [6.45, 7) is 0. The van der Waals surface area contributed by atoms with Gasteiger partial charge in [0.15, 0.2) is 17.3 Å². The van der Waals surface area contributed by atoms with Gasteiger partial charge in [0.1, 0.15) is 5.75 Å². The topological polar surface area (TPSA) is 72.1 Å². The predicted molar refractivity (Wildman–Crippen MR) is 147 cm³/mol. The van der Waals surface area contributed by atoms with Crippen LogP contribution in [0, 0.1) is 0 Å². The molecule has 1 aliphatic heterocycles. The first-order valence-corrected chi connectivity index (χ1v) is 12.4. The van der Waals surface area contributed by atoms with Crippen LogP contribution in [-0.2, 0) is 4.79 Å². The van der Waals surface area contributed by atoms with Gasteiger partial charge in [0.05, 0.1) is 38.7 Å². The number of hydrogen-bond acceptors (Lipinski definition) is 7. The summed E-state index contributed by atoms with van der Waals surface area (Å²) in [6.07, 6.45) is 1.16. The number of hydrogen-bond donors (Lipinski definition) is 2. The van der Waals surface area contributed by atoms with Crippen LogP contribution in [0.1, 0.15) is 35.9 Å². The van der Waals surface area contributed by atoms with Crippen LogP contribution in [-0.4, -0.2) is 41.2 Å². The van der Waals surface area contributed by atoms with Crippen LogP contribution >= 0.6 is 0 Å². The van der Waals surface area contributed by atoms with Gasteiger partial charge in [-0.05, 0) is 48.2 Å². The monoisotopic (exact) mass is 499 g/mol. The maximum Gasteiger partial charge on any atom is 0.164 e. The molecule has 0 aromatic heterocycles. The van der Waals surface area contributed by atoms with Gasteiger partial charge in [-0.1, -0.05) is 24.3 Å². The SMILES string of the molecule is COc1cc(OC)c(C2Nc3ccccc3NC3=C2C(=O)CC(c2ccc(N(C)C)cc2)C3)cc1OC. The molecule has 3 aromatic rings. The van der Waals surface area contributed by atoms with Crippen molar-refractivity contribution in [3.8, 4) is 17.2 Å². The number of carbonyl (C=O) groups is 1. The lowest BCUT2D eigenvalue weighted by Crippen LogP contribution is -2.27. The number of rotatable bonds is 6. The third kappa shape index (κ3) is 4.57. The van der Waals surface area contributed by atoms with E-state index < -0.39 is 6.04 Å². The first kappa shape index (κ1) is 24.6. The van der Waals surface area contributed by atoms with E-state index in [4.69, 9.17) is 14.2 Å². The molecule has 1 aliphatic carbocycles. The molecule has 0 radical (unpaired) electrons. The highest BCUT2D eigenvalue weighted by molar-refractivity contribution is 6.01. The third-order valence-electron chi connectivity index (χ3n) is 7.24. The Morgan fingerprint density at radius 1 is 0.811 bits per heavy atom. The molecular weight excluding hydrogens is 466 g/mol. The van der Waals surface area contributed by atoms with Crippen molar-refractivity contribution in [3.63, 3.8) is 0 Å². The van der Waals surface area contributed by atoms with Gasteiger partial charge in [-0.2, -0.15) is 0 Å². The first-order chi connectivity index (χ1) is 17.9. The van der Waals surface area contributed by atoms with E-state index in [9.17, 15) is 4.79 Å². The van der Waals surface area contributed by atoms with E-state index in [1.165, 1.54) is 0 Å². The lowest BCUT2D eigenvalue weighted by molar-refractivity contribution is -0.116. The number of anilines is 3. The van der Waals surface area contributed by atoms with Gasteiger partial charge in [-0.25, -0.2) is 0 Å². The smallest absolute Gasteiger partial charge is 0.164 e. The van der Waals surface area contributed by atoms with Crippen LogP contribution in [0.4, 0.5) is 17.1 Å². The molecule has 2 unspecified atom stereocenters. The van der Waals surface area contributed by atoms with Crippen LogP contribution < -0.4 is 29.7 Å². The van der Waals surface area contributed by atoms with Crippen molar-refractivity contribution in [2.24, 2.45) is 0 Å². The quantitative estimate of drug-likeness (QED) is 0.447. The minimum Gasteiger partial charge on any atom is -0.496 e. The highest BCUT2D eigenvalue weighted by atomic mass is 16.5. The number of ketones is 1. The average molecular weight is 500 g/mol. The number of methoxy groups -OCH3 is 3. The van der Waals surface area contributed by atoms with E-state index >= 15 is 0 Å². The summed E-state index contributed by atoms with van der Waals surface area (Å²) in [7, 11) is 8.88. The molecule has 2 aliphatic rings. The van der Waals surface area contributed by atoms with Gasteiger partial charge in [0.2, 0.25) is 0 Å². The average Bonchev–Trinajstić information content (AvgIpc) is 3.09. The van der Waals surface area contributed by atoms with E-state index in [0.717, 1.165) is 45.9 Å². The van der Waals surface area contributed by atoms with Crippen LogP contribution in [0.25, 0.3) is 0 Å². The van der Waals surface area contributed by atoms with E-state index in [1.54, 1.807) is 21.3 Å². The molecule has 1 heterocycles. The molecule has 0 spiro atoms. The zero-order chi connectivity index (χ0) is 26.1. The number of nitrogens with one attached hydrogen (secondary N) is 2. The van der Waals surface area contributed by atoms with Gasteiger partial charge < -0.3 is 29.7 Å². The number of fused-ring (bicyclic) bond motifs is 1. The number of benzene rings is 3. The number of ether oxygens (including phenoxy) is 3. The first-order valence-electron chi connectivity index (χ1n) is 12.4. The minimum atomic E-state index is -0.425. The molecule has 7 nitrogen and oxygen atoms in total. The molecule has 0 saturated carbocycles. The molecule has 2 N–H and O–H groups in total. The Kier molecular flexibility index (Phi) is 6.70. The maximum atomic E-state index is 13.9. The van der Waals surface area contributed by atoms with E-state index in [1.807, 2.05) is 50.5 Å². The molecule has 7 heteroatoms. The van der Waals surface area contributed by atoms with Crippen LogP contribution in [0.15, 0.2) is 71.9 Å². The Labute approximate surface area is 218 Å². The maximum absolute atomic E-state index is 13.9. The van der Waals surface area contributed by atoms with Crippen molar-refractivity contribution in [1.82, 2.24) is 0 Å². The summed E-state index contributed by atoms with van der Waals surface area (Å²) in [5.74, 6) is 1.97. The highest BCUT2D eigenvalue weighted by Crippen LogP contribution is 2.47. The standard InChI is InChI=1S/C30H33N3O4/c1-33(2)20-12-10-18(11-13-20)19-14-24-29(25(34)15-19)30(32-23-9-7-6-8-22(23)31-24)21-16-27(36-4)28(37-5)17-26(21)35-3/h6-13,16-17,19,30-32H,14-15H2,1-5H3. The molecule has 5 rings (SSSR count). The third-order valence-corrected chi connectivity index (χ3v) is 7.24. The summed E-state index contributed by atoms with van der Waals surface area (Å²) in [4.78, 5) is 16.0. The number of para-hydroxylation sites is 2. The molecule has 0 fully saturated rings. The van der Waals surface area contributed by atoms with E-state index in [2.05, 4.69) is 39.8 Å². The Morgan fingerprint density at radius 3 is 2.11 bits per heavy atom. The van der Waals surface area contributed by atoms with Crippen molar-refractivity contribution < 1.29 is 19.0 Å². The van der Waals surface area contributed by atoms with Crippen molar-refractivity contribution in [3.05, 3.63) is 83.1 Å². The van der Waals surface area contributed by atoms with Crippen molar-refractivity contribution in [1.29, 1.82) is 0 Å². The molecule has 2 atom stereocenters. The van der Waals surface area contributed by atoms with Crippen molar-refractivity contribution in [2.75, 3.05) is 51.0 Å². The molecule has 37 heavy (non-hydrogen) atoms. The number of carbonyl (C=O) groups excluding carboxylic acids is 1. The zero-order valence-corrected chi connectivity index (χ0v) is 21.9. The predicted octanol–water partition coefficient (Wildman–Crippen LogP) is 5.76. The summed E-state index contributed by atoms with van der Waals surface area (Å²) in [5.41, 5.74) is 6.62. The van der Waals surface area contributed by atoms with Crippen LogP contribution in [0.3, 0.4) is 0 Å². The van der Waals surface area contributed by atoms with Crippen LogP contribution in [0.5, 0.6) is 17.2 Å². The van der Waals surface area contributed by atoms with Gasteiger partial charge in [0, 0.05) is 49.1 Å². The second-order valence-corrected chi connectivity index (χ2v) is 9.60. The summed E-state index contributed by atoms with van der Waals surface area (Å²) in [6, 6.07) is 19.8. The molecule has 192 valence electrons. The Balaban J connectivity index is 1.62. The fourth-order valence-corrected chi connectivity index (χ4v) is 5.28. The van der Waals surface area contributed by atoms with Crippen LogP contribution in [0.2, 0.25) is 0 Å². The fraction of sp³-hybridized carbons (Fsp3) is 0.300. The lowest BCUT2D eigenvalue weighted by Gasteiger charge is -2.31. The number of allylic oxidation sites excluding steroid dienone is 1. The Bertz CT molecular complexity index is 1350. The Morgan fingerprint density at radius 2 is 1.46 bits per heavy atom. The largest absolute Gasteiger partial charge is 0.496 e. The summed E-state index contributed by atoms with van der Waals surface area (Å²) >= 11 is 0. The minimum absolute atomic E-state index is 0.0909. The van der Waals surface area contributed by atoms with E-state index in [0.29, 0.717) is 23.7 Å². The molecule has 3 aromatic carbocycles. The lowest BCUT2D eigenvalue weighted by atomic mass is 9.78. The normalized spacial score (nSPS) is 18.6. The second kappa shape index (κ2) is 10.1. The van der Waals surface area contributed by atoms with Crippen molar-refractivity contribution >= 4 is 22.8 Å². The molecule has 0 saturated heterocycles. The number of nitrogens with zero attached hydrogens (tertiary/aromatic N) is 1. The van der Waals surface area contributed by atoms with Crippen molar-refractivity contribution in [2.45, 2.75) is 24.8 Å². The van der Waals surface area contributed by atoms with Gasteiger partial charge in [-0.15, -0.1) is 0 Å². The number of Topliss-reactive ketones (excluding diaryl/α,β-unsaturated/α-hetero) is 1. The zero-order valence-electron chi connectivity index (χ0n) is 21.9. The summed E-state index contributed by atoms with van der Waals surface area (Å²) in [5, 5.41) is 7.22. The second-order valence-electron chi connectivity index (χ2n) is 9.60. The van der Waals surface area contributed by atoms with Gasteiger partial charge in [-0.3, -0.25) is 4.79 Å². The summed E-state index contributed by atoms with van der Waals surface area (Å²) < 4.78 is 16.9. The van der Waals surface area contributed by atoms with Gasteiger partial charge >= 0.3 is 0 Å². The van der Waals surface area contributed by atoms with E-state index in [-0.39, 0.29) is 11.7 Å². The fourth-order valence-electron chi connectivity index (χ4n) is 5.28. The molecule has 0 bridgehead atoms.